The maximum Gasteiger partial charge on any atom is 0.258 e. The standard InChI is InChI=1S/C23H23N3OS/c1-2-6-16-10-12-17(13-11-16)22(20-9-5-14-28-20)24-15-21-25-19-8-4-3-7-18(19)23(27)26-21/h3-5,7-14,22,24H,2,6,15H2,1H3,(H,25,26,27)/p+1/t22-/m0/s1. The molecule has 0 fully saturated rings. The van der Waals surface area contributed by atoms with E-state index in [-0.39, 0.29) is 11.6 Å². The lowest BCUT2D eigenvalue weighted by molar-refractivity contribution is -0.702. The van der Waals surface area contributed by atoms with Crippen LogP contribution in [0, 0.1) is 0 Å². The molecule has 0 radical (unpaired) electrons. The minimum Gasteiger partial charge on any atom is -0.329 e. The summed E-state index contributed by atoms with van der Waals surface area (Å²) in [6, 6.07) is 20.8. The normalized spacial score (nSPS) is 12.3. The first-order valence-electron chi connectivity index (χ1n) is 9.68. The van der Waals surface area contributed by atoms with E-state index < -0.39 is 0 Å². The first-order valence-corrected chi connectivity index (χ1v) is 10.6. The van der Waals surface area contributed by atoms with Gasteiger partial charge in [0.15, 0.2) is 5.82 Å². The third-order valence-electron chi connectivity index (χ3n) is 4.94. The van der Waals surface area contributed by atoms with E-state index in [1.807, 2.05) is 18.2 Å². The summed E-state index contributed by atoms with van der Waals surface area (Å²) in [6.07, 6.45) is 2.26. The van der Waals surface area contributed by atoms with Crippen LogP contribution in [-0.4, -0.2) is 9.97 Å². The van der Waals surface area contributed by atoms with E-state index in [2.05, 4.69) is 64.0 Å². The summed E-state index contributed by atoms with van der Waals surface area (Å²) >= 11 is 1.76. The Morgan fingerprint density at radius 2 is 1.89 bits per heavy atom. The topological polar surface area (TPSA) is 62.4 Å². The molecule has 0 aliphatic carbocycles. The third-order valence-corrected chi connectivity index (χ3v) is 5.89. The number of nitrogens with one attached hydrogen (secondary N) is 1. The van der Waals surface area contributed by atoms with E-state index in [4.69, 9.17) is 0 Å². The summed E-state index contributed by atoms with van der Waals surface area (Å²) in [5.74, 6) is 0.702. The molecule has 0 saturated heterocycles. The minimum absolute atomic E-state index is 0.0782. The van der Waals surface area contributed by atoms with Gasteiger partial charge in [-0.3, -0.25) is 4.79 Å². The summed E-state index contributed by atoms with van der Waals surface area (Å²) in [5, 5.41) is 4.98. The van der Waals surface area contributed by atoms with Gasteiger partial charge in [0.2, 0.25) is 0 Å². The van der Waals surface area contributed by atoms with E-state index in [1.54, 1.807) is 17.4 Å². The first-order chi connectivity index (χ1) is 13.7. The summed E-state index contributed by atoms with van der Waals surface area (Å²) in [6.45, 7) is 2.81. The second kappa shape index (κ2) is 8.50. The van der Waals surface area contributed by atoms with Crippen molar-refractivity contribution in [2.75, 3.05) is 0 Å². The Bertz CT molecular complexity index is 1100. The summed E-state index contributed by atoms with van der Waals surface area (Å²) in [5.41, 5.74) is 3.30. The van der Waals surface area contributed by atoms with Gasteiger partial charge in [-0.15, -0.1) is 11.3 Å². The smallest absolute Gasteiger partial charge is 0.258 e. The molecule has 0 unspecified atom stereocenters. The quantitative estimate of drug-likeness (QED) is 0.504. The van der Waals surface area contributed by atoms with Gasteiger partial charge in [-0.25, -0.2) is 4.98 Å². The molecule has 0 bridgehead atoms. The Balaban J connectivity index is 1.59. The third kappa shape index (κ3) is 4.06. The average Bonchev–Trinajstić information content (AvgIpc) is 3.24. The van der Waals surface area contributed by atoms with E-state index in [9.17, 15) is 4.79 Å². The lowest BCUT2D eigenvalue weighted by Gasteiger charge is -2.15. The van der Waals surface area contributed by atoms with Gasteiger partial charge in [-0.1, -0.05) is 55.8 Å². The zero-order chi connectivity index (χ0) is 19.3. The molecule has 5 heteroatoms. The van der Waals surface area contributed by atoms with Crippen molar-refractivity contribution in [1.29, 1.82) is 0 Å². The highest BCUT2D eigenvalue weighted by molar-refractivity contribution is 7.10. The number of hydrogen-bond acceptors (Lipinski definition) is 3. The fourth-order valence-corrected chi connectivity index (χ4v) is 4.38. The molecule has 3 N–H and O–H groups in total. The zero-order valence-corrected chi connectivity index (χ0v) is 16.7. The van der Waals surface area contributed by atoms with Crippen molar-refractivity contribution in [2.45, 2.75) is 32.4 Å². The Kier molecular flexibility index (Phi) is 5.65. The molecule has 0 amide bonds. The number of hydrogen-bond donors (Lipinski definition) is 2. The van der Waals surface area contributed by atoms with Gasteiger partial charge in [-0.05, 0) is 35.6 Å². The molecular weight excluding hydrogens is 366 g/mol. The van der Waals surface area contributed by atoms with Crippen LogP contribution in [0.15, 0.2) is 70.8 Å². The molecule has 2 aromatic heterocycles. The average molecular weight is 391 g/mol. The Morgan fingerprint density at radius 3 is 2.64 bits per heavy atom. The van der Waals surface area contributed by atoms with Crippen LogP contribution in [-0.2, 0) is 13.0 Å². The van der Waals surface area contributed by atoms with Crippen molar-refractivity contribution in [3.05, 3.63) is 98.2 Å². The van der Waals surface area contributed by atoms with E-state index >= 15 is 0 Å². The number of aromatic amines is 1. The maximum atomic E-state index is 12.3. The van der Waals surface area contributed by atoms with Gasteiger partial charge in [0, 0.05) is 5.56 Å². The second-order valence-electron chi connectivity index (χ2n) is 6.95. The molecule has 4 nitrogen and oxygen atoms in total. The van der Waals surface area contributed by atoms with Crippen LogP contribution in [0.4, 0.5) is 0 Å². The Labute approximate surface area is 168 Å². The number of para-hydroxylation sites is 1. The predicted octanol–water partition coefficient (Wildman–Crippen LogP) is 3.79. The highest BCUT2D eigenvalue weighted by Gasteiger charge is 2.19. The largest absolute Gasteiger partial charge is 0.329 e. The molecule has 28 heavy (non-hydrogen) atoms. The number of fused-ring (bicyclic) bond motifs is 1. The monoisotopic (exact) mass is 390 g/mol. The highest BCUT2D eigenvalue weighted by atomic mass is 32.1. The zero-order valence-electron chi connectivity index (χ0n) is 15.9. The Morgan fingerprint density at radius 1 is 1.07 bits per heavy atom. The fraction of sp³-hybridized carbons (Fsp3) is 0.217. The highest BCUT2D eigenvalue weighted by Crippen LogP contribution is 2.23. The number of thiophene rings is 1. The number of rotatable bonds is 7. The van der Waals surface area contributed by atoms with Crippen LogP contribution in [0.2, 0.25) is 0 Å². The van der Waals surface area contributed by atoms with Crippen molar-refractivity contribution in [3.8, 4) is 0 Å². The molecule has 0 spiro atoms. The van der Waals surface area contributed by atoms with E-state index in [1.165, 1.54) is 16.0 Å². The molecule has 2 heterocycles. The number of quaternary nitrogens is 1. The number of H-pyrrole nitrogens is 1. The van der Waals surface area contributed by atoms with E-state index in [0.717, 1.165) is 18.4 Å². The summed E-state index contributed by atoms with van der Waals surface area (Å²) in [4.78, 5) is 21.2. The predicted molar refractivity (Wildman–Crippen MR) is 115 cm³/mol. The number of nitrogens with zero attached hydrogens (tertiary/aromatic N) is 1. The fourth-order valence-electron chi connectivity index (χ4n) is 3.53. The number of aromatic nitrogens is 2. The van der Waals surface area contributed by atoms with Crippen molar-refractivity contribution in [2.24, 2.45) is 0 Å². The van der Waals surface area contributed by atoms with Crippen LogP contribution in [0.3, 0.4) is 0 Å². The lowest BCUT2D eigenvalue weighted by Crippen LogP contribution is -2.84. The Hall–Kier alpha value is -2.76. The first kappa shape index (κ1) is 18.6. The maximum absolute atomic E-state index is 12.3. The molecule has 142 valence electrons. The van der Waals surface area contributed by atoms with Crippen LogP contribution >= 0.6 is 11.3 Å². The summed E-state index contributed by atoms with van der Waals surface area (Å²) in [7, 11) is 0. The van der Waals surface area contributed by atoms with Gasteiger partial charge < -0.3 is 10.3 Å². The van der Waals surface area contributed by atoms with Gasteiger partial charge in [0.1, 0.15) is 12.6 Å². The SMILES string of the molecule is CCCc1ccc([C@H]([NH2+]Cc2nc3ccccc3c(=O)[nH]2)c2cccs2)cc1. The molecule has 2 aromatic carbocycles. The van der Waals surface area contributed by atoms with Crippen LogP contribution in [0.25, 0.3) is 10.9 Å². The molecule has 1 atom stereocenters. The summed E-state index contributed by atoms with van der Waals surface area (Å²) < 4.78 is 0. The van der Waals surface area contributed by atoms with Gasteiger partial charge in [0.05, 0.1) is 15.8 Å². The molecule has 4 aromatic rings. The van der Waals surface area contributed by atoms with Gasteiger partial charge in [-0.2, -0.15) is 0 Å². The number of benzene rings is 2. The van der Waals surface area contributed by atoms with Crippen LogP contribution in [0.5, 0.6) is 0 Å². The van der Waals surface area contributed by atoms with E-state index in [0.29, 0.717) is 17.8 Å². The molecular formula is C23H24N3OS+. The van der Waals surface area contributed by atoms with Crippen molar-refractivity contribution in [1.82, 2.24) is 9.97 Å². The molecule has 0 aliphatic heterocycles. The molecule has 0 saturated carbocycles. The molecule has 0 aliphatic rings. The van der Waals surface area contributed by atoms with Gasteiger partial charge in [0.25, 0.3) is 5.56 Å². The number of nitrogens with two attached hydrogens (primary N) is 1. The minimum atomic E-state index is -0.0782. The number of aryl methyl sites for hydroxylation is 1. The lowest BCUT2D eigenvalue weighted by atomic mass is 10.0. The molecule has 4 rings (SSSR count). The van der Waals surface area contributed by atoms with Crippen LogP contribution < -0.4 is 10.9 Å². The second-order valence-corrected chi connectivity index (χ2v) is 7.93. The van der Waals surface area contributed by atoms with Crippen LogP contribution in [0.1, 0.15) is 41.2 Å². The van der Waals surface area contributed by atoms with Crippen molar-refractivity contribution < 1.29 is 5.32 Å². The van der Waals surface area contributed by atoms with Crippen molar-refractivity contribution in [3.63, 3.8) is 0 Å². The van der Waals surface area contributed by atoms with Gasteiger partial charge >= 0.3 is 0 Å². The van der Waals surface area contributed by atoms with Crippen molar-refractivity contribution >= 4 is 22.2 Å².